The predicted octanol–water partition coefficient (Wildman–Crippen LogP) is 2.93. The van der Waals surface area contributed by atoms with Crippen molar-refractivity contribution in [3.8, 4) is 0 Å². The molecule has 0 amide bonds. The molecule has 1 N–H and O–H groups in total. The van der Waals surface area contributed by atoms with E-state index in [1.54, 1.807) is 7.11 Å². The largest absolute Gasteiger partial charge is 0.385 e. The van der Waals surface area contributed by atoms with E-state index in [4.69, 9.17) is 14.0 Å². The normalized spacial score (nSPS) is 15.7. The maximum absolute atomic E-state index is 5.93. The lowest BCUT2D eigenvalue weighted by atomic mass is 10.1. The van der Waals surface area contributed by atoms with E-state index in [1.807, 2.05) is 20.9 Å². The van der Waals surface area contributed by atoms with Crippen molar-refractivity contribution in [1.29, 1.82) is 0 Å². The molecule has 0 spiro atoms. The van der Waals surface area contributed by atoms with E-state index in [9.17, 15) is 0 Å². The summed E-state index contributed by atoms with van der Waals surface area (Å²) >= 11 is 0. The first-order chi connectivity index (χ1) is 12.7. The molecule has 1 aliphatic heterocycles. The Bertz CT molecular complexity index is 538. The van der Waals surface area contributed by atoms with Gasteiger partial charge >= 0.3 is 0 Å². The molecule has 1 saturated heterocycles. The van der Waals surface area contributed by atoms with Gasteiger partial charge in [-0.05, 0) is 46.0 Å². The number of methoxy groups -OCH3 is 1. The highest BCUT2D eigenvalue weighted by molar-refractivity contribution is 14.0. The van der Waals surface area contributed by atoms with Crippen LogP contribution in [0, 0.1) is 13.8 Å². The van der Waals surface area contributed by atoms with Crippen LogP contribution in [0.3, 0.4) is 0 Å². The van der Waals surface area contributed by atoms with E-state index in [1.165, 1.54) is 5.56 Å². The van der Waals surface area contributed by atoms with E-state index in [2.05, 4.69) is 20.4 Å². The van der Waals surface area contributed by atoms with Crippen LogP contribution in [0.25, 0.3) is 0 Å². The number of aromatic nitrogens is 1. The third-order valence-electron chi connectivity index (χ3n) is 4.87. The molecule has 2 rings (SSSR count). The van der Waals surface area contributed by atoms with Gasteiger partial charge in [-0.1, -0.05) is 5.16 Å². The summed E-state index contributed by atoms with van der Waals surface area (Å²) < 4.78 is 16.2. The number of ether oxygens (including phenoxy) is 2. The van der Waals surface area contributed by atoms with Gasteiger partial charge in [-0.2, -0.15) is 0 Å². The van der Waals surface area contributed by atoms with Crippen LogP contribution in [0.1, 0.15) is 42.7 Å². The van der Waals surface area contributed by atoms with Gasteiger partial charge in [-0.3, -0.25) is 4.99 Å². The van der Waals surface area contributed by atoms with Crippen LogP contribution in [0.2, 0.25) is 0 Å². The zero-order valence-corrected chi connectivity index (χ0v) is 19.5. The molecule has 7 nitrogen and oxygen atoms in total. The highest BCUT2D eigenvalue weighted by atomic mass is 127. The fourth-order valence-corrected chi connectivity index (χ4v) is 3.34. The van der Waals surface area contributed by atoms with Gasteiger partial charge in [-0.25, -0.2) is 0 Å². The van der Waals surface area contributed by atoms with Crippen LogP contribution < -0.4 is 5.32 Å². The number of nitrogens with zero attached hydrogens (tertiary/aromatic N) is 3. The first-order valence-electron chi connectivity index (χ1n) is 9.63. The SMILES string of the molecule is CN=C(NCCCc1c(C)noc1C)N1CCC(OCCCOC)CC1.I. The summed E-state index contributed by atoms with van der Waals surface area (Å²) in [6.07, 6.45) is 5.43. The third kappa shape index (κ3) is 7.95. The number of aliphatic imine (C=N–C) groups is 1. The van der Waals surface area contributed by atoms with Crippen molar-refractivity contribution < 1.29 is 14.0 Å². The van der Waals surface area contributed by atoms with Gasteiger partial charge in [0, 0.05) is 52.6 Å². The summed E-state index contributed by atoms with van der Waals surface area (Å²) in [6.45, 7) is 8.39. The molecule has 2 heterocycles. The van der Waals surface area contributed by atoms with Crippen LogP contribution in [0.15, 0.2) is 9.52 Å². The molecule has 0 aliphatic carbocycles. The smallest absolute Gasteiger partial charge is 0.193 e. The van der Waals surface area contributed by atoms with E-state index in [-0.39, 0.29) is 24.0 Å². The molecular formula is C19H35IN4O3. The van der Waals surface area contributed by atoms with Gasteiger partial charge < -0.3 is 24.2 Å². The number of piperidine rings is 1. The summed E-state index contributed by atoms with van der Waals surface area (Å²) in [4.78, 5) is 6.76. The lowest BCUT2D eigenvalue weighted by Gasteiger charge is -2.34. The zero-order valence-electron chi connectivity index (χ0n) is 17.1. The number of rotatable bonds is 9. The molecule has 0 radical (unpaired) electrons. The number of likely N-dealkylation sites (tertiary alicyclic amines) is 1. The monoisotopic (exact) mass is 494 g/mol. The van der Waals surface area contributed by atoms with Gasteiger partial charge in [0.25, 0.3) is 0 Å². The maximum Gasteiger partial charge on any atom is 0.193 e. The second kappa shape index (κ2) is 13.3. The number of hydrogen-bond donors (Lipinski definition) is 1. The molecule has 0 bridgehead atoms. The minimum absolute atomic E-state index is 0. The molecule has 1 fully saturated rings. The minimum atomic E-state index is 0. The Balaban J connectivity index is 0.00000364. The molecule has 1 aromatic rings. The molecular weight excluding hydrogens is 459 g/mol. The maximum atomic E-state index is 5.93. The van der Waals surface area contributed by atoms with Crippen LogP contribution >= 0.6 is 24.0 Å². The highest BCUT2D eigenvalue weighted by Crippen LogP contribution is 2.15. The average molecular weight is 494 g/mol. The summed E-state index contributed by atoms with van der Waals surface area (Å²) in [6, 6.07) is 0. The average Bonchev–Trinajstić information content (AvgIpc) is 2.98. The number of hydrogen-bond acceptors (Lipinski definition) is 5. The number of nitrogens with one attached hydrogen (secondary N) is 1. The topological polar surface area (TPSA) is 72.1 Å². The Kier molecular flexibility index (Phi) is 11.9. The van der Waals surface area contributed by atoms with Gasteiger partial charge in [-0.15, -0.1) is 24.0 Å². The first kappa shape index (κ1) is 24.2. The van der Waals surface area contributed by atoms with Crippen LogP contribution in [-0.4, -0.2) is 69.1 Å². The summed E-state index contributed by atoms with van der Waals surface area (Å²) in [5.74, 6) is 1.92. The van der Waals surface area contributed by atoms with E-state index in [0.717, 1.165) is 82.4 Å². The first-order valence-corrected chi connectivity index (χ1v) is 9.63. The van der Waals surface area contributed by atoms with Crippen molar-refractivity contribution in [3.63, 3.8) is 0 Å². The van der Waals surface area contributed by atoms with Crippen molar-refractivity contribution in [3.05, 3.63) is 17.0 Å². The Hall–Kier alpha value is -0.870. The lowest BCUT2D eigenvalue weighted by molar-refractivity contribution is 0.00991. The zero-order chi connectivity index (χ0) is 18.8. The summed E-state index contributed by atoms with van der Waals surface area (Å²) in [5.41, 5.74) is 2.23. The second-order valence-electron chi connectivity index (χ2n) is 6.78. The standard InChI is InChI=1S/C19H34N4O3.HI/c1-15-18(16(2)26-22-15)7-5-10-21-19(20-3)23-11-8-17(9-12-23)25-14-6-13-24-4;/h17H,5-14H2,1-4H3,(H,20,21);1H. The van der Waals surface area contributed by atoms with Gasteiger partial charge in [0.05, 0.1) is 11.8 Å². The molecule has 1 aliphatic rings. The summed E-state index contributed by atoms with van der Waals surface area (Å²) in [7, 11) is 3.58. The van der Waals surface area contributed by atoms with Crippen molar-refractivity contribution in [1.82, 2.24) is 15.4 Å². The fourth-order valence-electron chi connectivity index (χ4n) is 3.34. The Morgan fingerprint density at radius 2 is 2.00 bits per heavy atom. The fraction of sp³-hybridized carbons (Fsp3) is 0.789. The Morgan fingerprint density at radius 1 is 1.26 bits per heavy atom. The van der Waals surface area contributed by atoms with Gasteiger partial charge in [0.15, 0.2) is 5.96 Å². The van der Waals surface area contributed by atoms with Crippen LogP contribution in [-0.2, 0) is 15.9 Å². The highest BCUT2D eigenvalue weighted by Gasteiger charge is 2.21. The predicted molar refractivity (Wildman–Crippen MR) is 118 cm³/mol. The third-order valence-corrected chi connectivity index (χ3v) is 4.87. The van der Waals surface area contributed by atoms with Crippen molar-refractivity contribution in [2.75, 3.05) is 47.0 Å². The quantitative estimate of drug-likeness (QED) is 0.247. The van der Waals surface area contributed by atoms with Crippen molar-refractivity contribution >= 4 is 29.9 Å². The minimum Gasteiger partial charge on any atom is -0.385 e. The molecule has 1 aromatic heterocycles. The summed E-state index contributed by atoms with van der Waals surface area (Å²) in [5, 5.41) is 7.49. The van der Waals surface area contributed by atoms with Crippen molar-refractivity contribution in [2.24, 2.45) is 4.99 Å². The molecule has 0 aromatic carbocycles. The van der Waals surface area contributed by atoms with E-state index < -0.39 is 0 Å². The van der Waals surface area contributed by atoms with Gasteiger partial charge in [0.2, 0.25) is 0 Å². The second-order valence-corrected chi connectivity index (χ2v) is 6.78. The molecule has 0 atom stereocenters. The molecule has 8 heteroatoms. The van der Waals surface area contributed by atoms with E-state index >= 15 is 0 Å². The molecule has 0 saturated carbocycles. The molecule has 156 valence electrons. The molecule has 0 unspecified atom stereocenters. The van der Waals surface area contributed by atoms with E-state index in [0.29, 0.717) is 6.10 Å². The Labute approximate surface area is 180 Å². The van der Waals surface area contributed by atoms with Crippen LogP contribution in [0.4, 0.5) is 0 Å². The lowest BCUT2D eigenvalue weighted by Crippen LogP contribution is -2.47. The van der Waals surface area contributed by atoms with Crippen molar-refractivity contribution in [2.45, 2.75) is 52.1 Å². The van der Waals surface area contributed by atoms with Gasteiger partial charge in [0.1, 0.15) is 5.76 Å². The Morgan fingerprint density at radius 3 is 2.59 bits per heavy atom. The number of guanidine groups is 1. The molecule has 27 heavy (non-hydrogen) atoms. The van der Waals surface area contributed by atoms with Crippen LogP contribution in [0.5, 0.6) is 0 Å². The number of aryl methyl sites for hydroxylation is 2. The number of halogens is 1.